The Morgan fingerprint density at radius 1 is 0.325 bits per heavy atom. The molecule has 0 aromatic carbocycles. The summed E-state index contributed by atoms with van der Waals surface area (Å²) in [6, 6.07) is 0. The van der Waals surface area contributed by atoms with Crippen LogP contribution < -0.4 is 71.9 Å². The van der Waals surface area contributed by atoms with Crippen molar-refractivity contribution in [2.45, 2.75) is 151 Å². The standard InChI is InChI=1S/C34H75N2S.3HI/c1-8-35(9-2,10-3)31-27-23-19-15-17-21-25-29-33-37(14-7)34-30-26-22-18-16-20-24-28-32-36(11-4,12-5)13-6;;;/h8-34H2,1-7H3;3*1H/q+3;;;/p-3. The Morgan fingerprint density at radius 3 is 0.775 bits per heavy atom. The monoisotopic (exact) mass is 924 g/mol. The van der Waals surface area contributed by atoms with Crippen LogP contribution in [0.15, 0.2) is 0 Å². The van der Waals surface area contributed by atoms with E-state index in [-0.39, 0.29) is 71.9 Å². The van der Waals surface area contributed by atoms with Gasteiger partial charge in [0.25, 0.3) is 0 Å². The van der Waals surface area contributed by atoms with E-state index in [1.807, 2.05) is 0 Å². The van der Waals surface area contributed by atoms with Crippen LogP contribution in [0.3, 0.4) is 0 Å². The predicted molar refractivity (Wildman–Crippen MR) is 175 cm³/mol. The number of hydrogen-bond acceptors (Lipinski definition) is 0. The van der Waals surface area contributed by atoms with Gasteiger partial charge >= 0.3 is 0 Å². The second-order valence-electron chi connectivity index (χ2n) is 12.0. The van der Waals surface area contributed by atoms with Gasteiger partial charge in [0.1, 0.15) is 17.3 Å². The second-order valence-corrected chi connectivity index (χ2v) is 14.6. The molecule has 6 heteroatoms. The number of unbranched alkanes of at least 4 members (excludes halogenated alkanes) is 14. The van der Waals surface area contributed by atoms with Gasteiger partial charge in [0.05, 0.1) is 52.4 Å². The van der Waals surface area contributed by atoms with E-state index in [4.69, 9.17) is 0 Å². The topological polar surface area (TPSA) is 0 Å². The van der Waals surface area contributed by atoms with E-state index in [1.54, 1.807) is 0 Å². The predicted octanol–water partition coefficient (Wildman–Crippen LogP) is 0.631. The molecule has 0 unspecified atom stereocenters. The minimum Gasteiger partial charge on any atom is -1.00 e. The first-order chi connectivity index (χ1) is 18.0. The van der Waals surface area contributed by atoms with Crippen LogP contribution in [0.5, 0.6) is 0 Å². The lowest BCUT2D eigenvalue weighted by atomic mass is 10.1. The van der Waals surface area contributed by atoms with Gasteiger partial charge in [-0.05, 0) is 111 Å². The van der Waals surface area contributed by atoms with Crippen molar-refractivity contribution in [1.82, 2.24) is 0 Å². The van der Waals surface area contributed by atoms with Gasteiger partial charge in [0.15, 0.2) is 0 Å². The highest BCUT2D eigenvalue weighted by Gasteiger charge is 2.20. The molecule has 40 heavy (non-hydrogen) atoms. The molecule has 0 radical (unpaired) electrons. The van der Waals surface area contributed by atoms with E-state index < -0.39 is 0 Å². The molecule has 0 heterocycles. The van der Waals surface area contributed by atoms with E-state index in [0.717, 1.165) is 10.9 Å². The number of hydrogen-bond donors (Lipinski definition) is 0. The Hall–Kier alpha value is 2.46. The molecule has 248 valence electrons. The van der Waals surface area contributed by atoms with Crippen LogP contribution in [-0.2, 0) is 10.9 Å². The summed E-state index contributed by atoms with van der Waals surface area (Å²) in [4.78, 5) is 0. The van der Waals surface area contributed by atoms with Gasteiger partial charge in [-0.15, -0.1) is 0 Å². The van der Waals surface area contributed by atoms with E-state index in [1.165, 1.54) is 181 Å². The number of quaternary nitrogens is 2. The van der Waals surface area contributed by atoms with Crippen LogP contribution in [0.25, 0.3) is 0 Å². The zero-order valence-corrected chi connectivity index (χ0v) is 35.8. The second kappa shape index (κ2) is 34.3. The molecule has 0 N–H and O–H groups in total. The Balaban J connectivity index is -0.00000216. The highest BCUT2D eigenvalue weighted by atomic mass is 127. The van der Waals surface area contributed by atoms with Crippen molar-refractivity contribution < 1.29 is 80.9 Å². The number of rotatable bonds is 29. The summed E-state index contributed by atoms with van der Waals surface area (Å²) in [7, 11) is 0.719. The average molecular weight is 925 g/mol. The van der Waals surface area contributed by atoms with Gasteiger partial charge < -0.3 is 80.9 Å². The molecule has 0 aliphatic rings. The van der Waals surface area contributed by atoms with Crippen molar-refractivity contribution in [3.63, 3.8) is 0 Å². The van der Waals surface area contributed by atoms with E-state index in [2.05, 4.69) is 48.5 Å². The summed E-state index contributed by atoms with van der Waals surface area (Å²) in [6.07, 6.45) is 23.5. The molecule has 0 aliphatic heterocycles. The summed E-state index contributed by atoms with van der Waals surface area (Å²) in [5, 5.41) is 0. The molecule has 2 nitrogen and oxygen atoms in total. The highest BCUT2D eigenvalue weighted by Crippen LogP contribution is 2.16. The molecule has 0 saturated heterocycles. The number of nitrogens with zero attached hydrogens (tertiary/aromatic N) is 2. The summed E-state index contributed by atoms with van der Waals surface area (Å²) < 4.78 is 2.66. The molecular formula is C34H75I3N2S. The fourth-order valence-corrected chi connectivity index (χ4v) is 8.32. The molecule has 0 saturated carbocycles. The zero-order valence-electron chi connectivity index (χ0n) is 28.5. The van der Waals surface area contributed by atoms with Gasteiger partial charge in [0.2, 0.25) is 0 Å². The van der Waals surface area contributed by atoms with E-state index >= 15 is 0 Å². The quantitative estimate of drug-likeness (QED) is 0.0448. The Kier molecular flexibility index (Phi) is 42.4. The normalized spacial score (nSPS) is 11.7. The van der Waals surface area contributed by atoms with Crippen molar-refractivity contribution in [1.29, 1.82) is 0 Å². The fraction of sp³-hybridized carbons (Fsp3) is 1.00. The molecule has 0 spiro atoms. The van der Waals surface area contributed by atoms with Crippen LogP contribution in [0.2, 0.25) is 0 Å². The molecule has 0 rings (SSSR count). The number of halogens is 3. The Bertz CT molecular complexity index is 418. The lowest BCUT2D eigenvalue weighted by molar-refractivity contribution is -0.923. The van der Waals surface area contributed by atoms with E-state index in [9.17, 15) is 0 Å². The minimum absolute atomic E-state index is 0. The summed E-state index contributed by atoms with van der Waals surface area (Å²) in [5.41, 5.74) is 0. The summed E-state index contributed by atoms with van der Waals surface area (Å²) in [6.45, 7) is 27.3. The fourth-order valence-electron chi connectivity index (χ4n) is 6.31. The Morgan fingerprint density at radius 2 is 0.550 bits per heavy atom. The summed E-state index contributed by atoms with van der Waals surface area (Å²) in [5.74, 6) is 4.48. The average Bonchev–Trinajstić information content (AvgIpc) is 2.94. The van der Waals surface area contributed by atoms with Gasteiger partial charge in [-0.2, -0.15) is 0 Å². The van der Waals surface area contributed by atoms with Crippen LogP contribution in [0.1, 0.15) is 151 Å². The van der Waals surface area contributed by atoms with Crippen molar-refractivity contribution in [3.05, 3.63) is 0 Å². The molecule has 0 aromatic rings. The molecule has 0 fully saturated rings. The third-order valence-electron chi connectivity index (χ3n) is 10.1. The van der Waals surface area contributed by atoms with Crippen molar-refractivity contribution in [2.24, 2.45) is 0 Å². The van der Waals surface area contributed by atoms with Crippen molar-refractivity contribution in [3.8, 4) is 0 Å². The highest BCUT2D eigenvalue weighted by molar-refractivity contribution is 7.96. The van der Waals surface area contributed by atoms with Gasteiger partial charge in [-0.3, -0.25) is 0 Å². The van der Waals surface area contributed by atoms with Crippen LogP contribution in [0.4, 0.5) is 0 Å². The Labute approximate surface area is 309 Å². The maximum Gasteiger partial charge on any atom is 0.108 e. The SMILES string of the molecule is CC[S+](CCCCCCCCCC[N+](CC)(CC)CC)CCCCCCCCCC[N+](CC)(CC)CC.[I-].[I-].[I-]. The molecule has 0 atom stereocenters. The lowest BCUT2D eigenvalue weighted by Gasteiger charge is -2.35. The smallest absolute Gasteiger partial charge is 0.108 e. The largest absolute Gasteiger partial charge is 1.00 e. The molecule has 0 bridgehead atoms. The zero-order chi connectivity index (χ0) is 27.7. The first kappa shape index (κ1) is 49.3. The van der Waals surface area contributed by atoms with Crippen LogP contribution in [0, 0.1) is 0 Å². The van der Waals surface area contributed by atoms with Gasteiger partial charge in [-0.1, -0.05) is 51.4 Å². The first-order valence-corrected chi connectivity index (χ1v) is 19.1. The lowest BCUT2D eigenvalue weighted by Crippen LogP contribution is -3.00. The van der Waals surface area contributed by atoms with Crippen LogP contribution in [-0.4, -0.2) is 78.6 Å². The molecule has 0 amide bonds. The maximum atomic E-state index is 2.44. The first-order valence-electron chi connectivity index (χ1n) is 17.3. The van der Waals surface area contributed by atoms with Gasteiger partial charge in [-0.25, -0.2) is 0 Å². The third kappa shape index (κ3) is 24.7. The molecule has 0 aliphatic carbocycles. The van der Waals surface area contributed by atoms with E-state index in [0.29, 0.717) is 0 Å². The summed E-state index contributed by atoms with van der Waals surface area (Å²) >= 11 is 0. The minimum atomic E-state index is 0. The molecular weight excluding hydrogens is 849 g/mol. The maximum absolute atomic E-state index is 2.44. The van der Waals surface area contributed by atoms with Crippen molar-refractivity contribution in [2.75, 3.05) is 69.6 Å². The third-order valence-corrected chi connectivity index (χ3v) is 12.6. The van der Waals surface area contributed by atoms with Crippen LogP contribution >= 0.6 is 0 Å². The van der Waals surface area contributed by atoms with Crippen molar-refractivity contribution >= 4 is 10.9 Å². The van der Waals surface area contributed by atoms with Gasteiger partial charge in [0, 0.05) is 0 Å². The molecule has 0 aromatic heterocycles.